The molecule has 3 rings (SSSR count). The highest BCUT2D eigenvalue weighted by Gasteiger charge is 2.17. The molecule has 2 heterocycles. The molecule has 0 atom stereocenters. The molecule has 1 N–H and O–H groups in total. The summed E-state index contributed by atoms with van der Waals surface area (Å²) in [4.78, 5) is 2.77. The summed E-state index contributed by atoms with van der Waals surface area (Å²) in [5.74, 6) is 0. The molecular weight excluding hydrogens is 254 g/mol. The predicted molar refractivity (Wildman–Crippen MR) is 79.3 cm³/mol. The van der Waals surface area contributed by atoms with Crippen molar-refractivity contribution < 1.29 is 0 Å². The highest BCUT2D eigenvalue weighted by molar-refractivity contribution is 7.11. The monoisotopic (exact) mass is 275 g/mol. The van der Waals surface area contributed by atoms with E-state index in [0.29, 0.717) is 6.04 Å². The first-order valence-electron chi connectivity index (χ1n) is 7.11. The number of aryl methyl sites for hydroxylation is 1. The Labute approximate surface area is 118 Å². The second-order valence-electron chi connectivity index (χ2n) is 5.34. The van der Waals surface area contributed by atoms with Crippen molar-refractivity contribution in [3.63, 3.8) is 0 Å². The van der Waals surface area contributed by atoms with Crippen LogP contribution in [0.3, 0.4) is 0 Å². The molecule has 2 aromatic heterocycles. The molecule has 0 spiro atoms. The Hall–Kier alpha value is -1.13. The zero-order chi connectivity index (χ0) is 13.1. The molecule has 0 saturated heterocycles. The Morgan fingerprint density at radius 2 is 2.11 bits per heavy atom. The average molecular weight is 275 g/mol. The fraction of sp³-hybridized carbons (Fsp3) is 0.533. The van der Waals surface area contributed by atoms with Gasteiger partial charge >= 0.3 is 0 Å². The Morgan fingerprint density at radius 3 is 2.84 bits per heavy atom. The van der Waals surface area contributed by atoms with Crippen LogP contribution in [-0.4, -0.2) is 9.78 Å². The summed E-state index contributed by atoms with van der Waals surface area (Å²) < 4.78 is 2.17. The Bertz CT molecular complexity index is 523. The van der Waals surface area contributed by atoms with Gasteiger partial charge in [0.2, 0.25) is 0 Å². The van der Waals surface area contributed by atoms with Gasteiger partial charge in [0, 0.05) is 29.0 Å². The van der Waals surface area contributed by atoms with Crippen LogP contribution in [0.1, 0.15) is 47.2 Å². The van der Waals surface area contributed by atoms with Crippen LogP contribution in [0.4, 0.5) is 0 Å². The molecule has 0 amide bonds. The van der Waals surface area contributed by atoms with Crippen LogP contribution < -0.4 is 5.32 Å². The summed E-state index contributed by atoms with van der Waals surface area (Å²) in [6, 6.07) is 7.17. The average Bonchev–Trinajstić information content (AvgIpc) is 3.09. The van der Waals surface area contributed by atoms with Crippen molar-refractivity contribution in [3.05, 3.63) is 39.8 Å². The maximum absolute atomic E-state index is 4.69. The van der Waals surface area contributed by atoms with Crippen molar-refractivity contribution in [3.8, 4) is 0 Å². The van der Waals surface area contributed by atoms with E-state index in [4.69, 9.17) is 0 Å². The molecule has 102 valence electrons. The van der Waals surface area contributed by atoms with Gasteiger partial charge in [0.15, 0.2) is 0 Å². The van der Waals surface area contributed by atoms with Crippen molar-refractivity contribution in [2.75, 3.05) is 0 Å². The quantitative estimate of drug-likeness (QED) is 0.902. The SMILES string of the molecule is Cc1ccc(CNCc2ccn(C3CCCC3)n2)s1. The first-order valence-corrected chi connectivity index (χ1v) is 7.93. The van der Waals surface area contributed by atoms with Crippen molar-refractivity contribution in [1.82, 2.24) is 15.1 Å². The summed E-state index contributed by atoms with van der Waals surface area (Å²) in [6.07, 6.45) is 7.44. The second-order valence-corrected chi connectivity index (χ2v) is 6.71. The standard InChI is InChI=1S/C15H21N3S/c1-12-6-7-15(19-12)11-16-10-13-8-9-18(17-13)14-4-2-3-5-14/h6-9,14,16H,2-5,10-11H2,1H3. The fourth-order valence-electron chi connectivity index (χ4n) is 2.74. The fourth-order valence-corrected chi connectivity index (χ4v) is 3.60. The molecule has 1 fully saturated rings. The van der Waals surface area contributed by atoms with Gasteiger partial charge in [-0.05, 0) is 38.0 Å². The smallest absolute Gasteiger partial charge is 0.0762 e. The van der Waals surface area contributed by atoms with Gasteiger partial charge < -0.3 is 5.32 Å². The van der Waals surface area contributed by atoms with Gasteiger partial charge in [-0.1, -0.05) is 12.8 Å². The topological polar surface area (TPSA) is 29.9 Å². The van der Waals surface area contributed by atoms with Crippen LogP contribution in [0.2, 0.25) is 0 Å². The van der Waals surface area contributed by atoms with E-state index in [1.807, 2.05) is 11.3 Å². The first-order chi connectivity index (χ1) is 9.31. The molecule has 0 unspecified atom stereocenters. The lowest BCUT2D eigenvalue weighted by molar-refractivity contribution is 0.461. The number of rotatable bonds is 5. The largest absolute Gasteiger partial charge is 0.306 e. The summed E-state index contributed by atoms with van der Waals surface area (Å²) in [5, 5.41) is 8.16. The molecule has 0 aliphatic heterocycles. The minimum atomic E-state index is 0.647. The number of thiophene rings is 1. The summed E-state index contributed by atoms with van der Waals surface area (Å²) in [6.45, 7) is 3.95. The van der Waals surface area contributed by atoms with Crippen molar-refractivity contribution in [2.45, 2.75) is 51.7 Å². The van der Waals surface area contributed by atoms with Crippen LogP contribution in [0.5, 0.6) is 0 Å². The van der Waals surface area contributed by atoms with Gasteiger partial charge in [0.25, 0.3) is 0 Å². The molecule has 1 aliphatic carbocycles. The van der Waals surface area contributed by atoms with Crippen molar-refractivity contribution in [1.29, 1.82) is 0 Å². The van der Waals surface area contributed by atoms with E-state index < -0.39 is 0 Å². The van der Waals surface area contributed by atoms with Crippen LogP contribution in [-0.2, 0) is 13.1 Å². The molecule has 2 aromatic rings. The molecule has 0 aromatic carbocycles. The third-order valence-corrected chi connectivity index (χ3v) is 4.76. The van der Waals surface area contributed by atoms with Gasteiger partial charge in [0.05, 0.1) is 11.7 Å². The van der Waals surface area contributed by atoms with E-state index in [9.17, 15) is 0 Å². The van der Waals surface area contributed by atoms with Gasteiger partial charge in [-0.3, -0.25) is 4.68 Å². The lowest BCUT2D eigenvalue weighted by atomic mass is 10.3. The highest BCUT2D eigenvalue weighted by Crippen LogP contribution is 2.28. The van der Waals surface area contributed by atoms with Crippen LogP contribution in [0.15, 0.2) is 24.4 Å². The molecule has 3 nitrogen and oxygen atoms in total. The molecule has 1 aliphatic rings. The van der Waals surface area contributed by atoms with E-state index in [-0.39, 0.29) is 0 Å². The molecular formula is C15H21N3S. The van der Waals surface area contributed by atoms with Crippen molar-refractivity contribution >= 4 is 11.3 Å². The number of hydrogen-bond acceptors (Lipinski definition) is 3. The van der Waals surface area contributed by atoms with Gasteiger partial charge in [-0.15, -0.1) is 11.3 Å². The predicted octanol–water partition coefficient (Wildman–Crippen LogP) is 3.66. The van der Waals surface area contributed by atoms with Gasteiger partial charge in [-0.2, -0.15) is 5.10 Å². The van der Waals surface area contributed by atoms with E-state index >= 15 is 0 Å². The van der Waals surface area contributed by atoms with E-state index in [1.165, 1.54) is 35.4 Å². The molecule has 0 radical (unpaired) electrons. The first kappa shape index (κ1) is 12.9. The highest BCUT2D eigenvalue weighted by atomic mass is 32.1. The minimum Gasteiger partial charge on any atom is -0.306 e. The number of nitrogens with zero attached hydrogens (tertiary/aromatic N) is 2. The summed E-state index contributed by atoms with van der Waals surface area (Å²) in [7, 11) is 0. The van der Waals surface area contributed by atoms with E-state index in [1.54, 1.807) is 0 Å². The zero-order valence-corrected chi connectivity index (χ0v) is 12.2. The summed E-state index contributed by atoms with van der Waals surface area (Å²) >= 11 is 1.86. The molecule has 0 bridgehead atoms. The minimum absolute atomic E-state index is 0.647. The lowest BCUT2D eigenvalue weighted by Crippen LogP contribution is -2.13. The second kappa shape index (κ2) is 5.88. The van der Waals surface area contributed by atoms with Crippen molar-refractivity contribution in [2.24, 2.45) is 0 Å². The van der Waals surface area contributed by atoms with Crippen LogP contribution in [0, 0.1) is 6.92 Å². The maximum Gasteiger partial charge on any atom is 0.0762 e. The number of nitrogens with one attached hydrogen (secondary N) is 1. The third kappa shape index (κ3) is 3.25. The lowest BCUT2D eigenvalue weighted by Gasteiger charge is -2.08. The molecule has 19 heavy (non-hydrogen) atoms. The van der Waals surface area contributed by atoms with E-state index in [2.05, 4.69) is 46.4 Å². The normalized spacial score (nSPS) is 16.3. The Morgan fingerprint density at radius 1 is 1.26 bits per heavy atom. The Balaban J connectivity index is 1.50. The molecule has 1 saturated carbocycles. The number of hydrogen-bond donors (Lipinski definition) is 1. The third-order valence-electron chi connectivity index (χ3n) is 3.76. The van der Waals surface area contributed by atoms with Gasteiger partial charge in [-0.25, -0.2) is 0 Å². The van der Waals surface area contributed by atoms with Crippen LogP contribution in [0.25, 0.3) is 0 Å². The Kier molecular flexibility index (Phi) is 3.99. The maximum atomic E-state index is 4.69. The van der Waals surface area contributed by atoms with E-state index in [0.717, 1.165) is 18.8 Å². The number of aromatic nitrogens is 2. The van der Waals surface area contributed by atoms with Crippen LogP contribution >= 0.6 is 11.3 Å². The summed E-state index contributed by atoms with van der Waals surface area (Å²) in [5.41, 5.74) is 1.15. The zero-order valence-electron chi connectivity index (χ0n) is 11.4. The van der Waals surface area contributed by atoms with Gasteiger partial charge in [0.1, 0.15) is 0 Å². The molecule has 4 heteroatoms.